The summed E-state index contributed by atoms with van der Waals surface area (Å²) in [6, 6.07) is 15.3. The zero-order valence-electron chi connectivity index (χ0n) is 41.3. The molecular weight excluding hydrogens is 966 g/mol. The molecule has 4 amide bonds. The molecule has 0 bridgehead atoms. The molecule has 1 aliphatic heterocycles. The SMILES string of the molecule is Cc1ncsc1-c1ccc(CNC(=O)[C@@H]2C[C@@H](O)CN2C(=O)[C@@H](NC(=O)C2(F)CC2)C(C)(C)C)c(OCCOCCOc2ccc(NC(=O)[C@H](C)[C@H]3CC[C@@H](c4ccnc5ccc(F)cc54)CC3)cc2Cl)c1. The molecule has 5 aromatic rings. The Bertz CT molecular complexity index is 2780. The highest BCUT2D eigenvalue weighted by atomic mass is 35.5. The van der Waals surface area contributed by atoms with E-state index in [0.717, 1.165) is 58.3 Å². The number of aromatic nitrogens is 2. The van der Waals surface area contributed by atoms with E-state index in [1.54, 1.807) is 62.8 Å². The zero-order valence-corrected chi connectivity index (χ0v) is 42.8. The minimum Gasteiger partial charge on any atom is -0.491 e. The van der Waals surface area contributed by atoms with Gasteiger partial charge in [-0.05, 0) is 122 Å². The van der Waals surface area contributed by atoms with Gasteiger partial charge < -0.3 is 40.2 Å². The first-order valence-electron chi connectivity index (χ1n) is 24.7. The van der Waals surface area contributed by atoms with Gasteiger partial charge in [-0.15, -0.1) is 11.3 Å². The van der Waals surface area contributed by atoms with E-state index in [0.29, 0.717) is 27.8 Å². The van der Waals surface area contributed by atoms with E-state index in [-0.39, 0.29) is 88.3 Å². The molecular formula is C54H63ClF2N6O8S. The number of ether oxygens (including phenoxy) is 3. The van der Waals surface area contributed by atoms with Crippen LogP contribution in [-0.4, -0.2) is 100 Å². The highest BCUT2D eigenvalue weighted by Crippen LogP contribution is 2.42. The summed E-state index contributed by atoms with van der Waals surface area (Å²) in [5.41, 5.74) is 3.84. The van der Waals surface area contributed by atoms with E-state index >= 15 is 0 Å². The van der Waals surface area contributed by atoms with Gasteiger partial charge in [0, 0.05) is 48.3 Å². The van der Waals surface area contributed by atoms with Gasteiger partial charge >= 0.3 is 0 Å². The van der Waals surface area contributed by atoms with Gasteiger partial charge in [0.1, 0.15) is 42.6 Å². The van der Waals surface area contributed by atoms with Crippen molar-refractivity contribution in [1.29, 1.82) is 0 Å². The highest BCUT2D eigenvalue weighted by Gasteiger charge is 2.53. The van der Waals surface area contributed by atoms with Crippen molar-refractivity contribution in [3.05, 3.63) is 100 Å². The molecule has 0 spiro atoms. The minimum absolute atomic E-state index is 0.0000132. The van der Waals surface area contributed by atoms with E-state index in [9.17, 15) is 33.1 Å². The Morgan fingerprint density at radius 2 is 1.68 bits per heavy atom. The van der Waals surface area contributed by atoms with E-state index in [2.05, 4.69) is 25.9 Å². The number of nitrogens with zero attached hydrogens (tertiary/aromatic N) is 3. The fourth-order valence-corrected chi connectivity index (χ4v) is 10.7. The number of aliphatic hydroxyl groups is 1. The number of alkyl halides is 1. The standard InChI is InChI=1S/C54H63ClF2N6O8S/c1-31(33-6-8-34(9-7-33)40-16-19-58-43-14-12-37(56)25-41(40)43)49(65)61-38-13-15-45(42(55)26-38)70-22-20-69-21-23-71-46-24-35(47-32(2)60-30-72-47)10-11-36(46)28-59-50(66)44-27-39(64)29-63(44)51(67)48(53(3,4)5)62-52(68)54(57)17-18-54/h10-16,19,24-26,30-31,33-34,39,44,48,64H,6-9,17-18,20-23,27-29H2,1-5H3,(H,59,66)(H,61,65)(H,62,68)/t31-,33-,34+,39-,44+,48-/m1/s1. The molecule has 4 N–H and O–H groups in total. The number of halogens is 3. The number of carbonyl (C=O) groups is 4. The van der Waals surface area contributed by atoms with Crippen molar-refractivity contribution >= 4 is 63.2 Å². The molecule has 3 aromatic carbocycles. The van der Waals surface area contributed by atoms with Gasteiger partial charge in [-0.3, -0.25) is 24.2 Å². The fourth-order valence-electron chi connectivity index (χ4n) is 9.69. The number of pyridine rings is 1. The first-order chi connectivity index (χ1) is 34.4. The van der Waals surface area contributed by atoms with Gasteiger partial charge in [-0.1, -0.05) is 51.4 Å². The predicted octanol–water partition coefficient (Wildman–Crippen LogP) is 9.09. The second-order valence-electron chi connectivity index (χ2n) is 20.3. The van der Waals surface area contributed by atoms with Crippen LogP contribution >= 0.6 is 22.9 Å². The lowest BCUT2D eigenvalue weighted by molar-refractivity contribution is -0.145. The third-order valence-corrected chi connectivity index (χ3v) is 15.4. The highest BCUT2D eigenvalue weighted by molar-refractivity contribution is 7.13. The number of hydrogen-bond acceptors (Lipinski definition) is 11. The largest absolute Gasteiger partial charge is 0.491 e. The predicted molar refractivity (Wildman–Crippen MR) is 272 cm³/mol. The van der Waals surface area contributed by atoms with Crippen molar-refractivity contribution in [1.82, 2.24) is 25.5 Å². The van der Waals surface area contributed by atoms with Crippen LogP contribution in [0, 0.1) is 30.0 Å². The van der Waals surface area contributed by atoms with E-state index in [1.165, 1.54) is 22.3 Å². The van der Waals surface area contributed by atoms with Gasteiger partial charge in [-0.2, -0.15) is 0 Å². The van der Waals surface area contributed by atoms with Crippen molar-refractivity contribution in [2.24, 2.45) is 17.3 Å². The first kappa shape index (κ1) is 52.6. The summed E-state index contributed by atoms with van der Waals surface area (Å²) in [4.78, 5) is 64.8. The van der Waals surface area contributed by atoms with Gasteiger partial charge in [-0.25, -0.2) is 13.8 Å². The molecule has 384 valence electrons. The Kier molecular flexibility index (Phi) is 16.5. The maximum atomic E-state index is 14.7. The van der Waals surface area contributed by atoms with E-state index in [4.69, 9.17) is 25.8 Å². The van der Waals surface area contributed by atoms with Crippen LogP contribution in [0.4, 0.5) is 14.5 Å². The molecule has 3 heterocycles. The van der Waals surface area contributed by atoms with Gasteiger partial charge in [0.25, 0.3) is 5.91 Å². The zero-order chi connectivity index (χ0) is 51.3. The molecule has 72 heavy (non-hydrogen) atoms. The van der Waals surface area contributed by atoms with Crippen molar-refractivity contribution in [2.75, 3.05) is 38.3 Å². The van der Waals surface area contributed by atoms with Crippen LogP contribution in [0.15, 0.2) is 72.4 Å². The summed E-state index contributed by atoms with van der Waals surface area (Å²) in [6.45, 7) is 9.87. The Balaban J connectivity index is 0.796. The second kappa shape index (κ2) is 22.6. The van der Waals surface area contributed by atoms with E-state index in [1.807, 2.05) is 38.1 Å². The molecule has 1 saturated heterocycles. The summed E-state index contributed by atoms with van der Waals surface area (Å²) in [6.07, 6.45) is 4.59. The summed E-state index contributed by atoms with van der Waals surface area (Å²) in [5, 5.41) is 20.4. The lowest BCUT2D eigenvalue weighted by atomic mass is 9.73. The maximum Gasteiger partial charge on any atom is 0.258 e. The Labute approximate surface area is 427 Å². The van der Waals surface area contributed by atoms with Crippen LogP contribution in [0.2, 0.25) is 5.02 Å². The van der Waals surface area contributed by atoms with Gasteiger partial charge in [0.05, 0.1) is 45.9 Å². The number of hydrogen-bond donors (Lipinski definition) is 4. The third kappa shape index (κ3) is 12.5. The smallest absolute Gasteiger partial charge is 0.258 e. The lowest BCUT2D eigenvalue weighted by Gasteiger charge is -2.35. The first-order valence-corrected chi connectivity index (χ1v) is 25.9. The number of fused-ring (bicyclic) bond motifs is 1. The summed E-state index contributed by atoms with van der Waals surface area (Å²) < 4.78 is 46.7. The van der Waals surface area contributed by atoms with Gasteiger partial charge in [0.2, 0.25) is 17.7 Å². The minimum atomic E-state index is -1.99. The number of carbonyl (C=O) groups excluding carboxylic acids is 4. The van der Waals surface area contributed by atoms with Crippen LogP contribution in [0.5, 0.6) is 11.5 Å². The topological polar surface area (TPSA) is 181 Å². The van der Waals surface area contributed by atoms with E-state index < -0.39 is 47.0 Å². The second-order valence-corrected chi connectivity index (χ2v) is 21.6. The lowest BCUT2D eigenvalue weighted by Crippen LogP contribution is -2.59. The fraction of sp³-hybridized carbons (Fsp3) is 0.481. The number of aryl methyl sites for hydroxylation is 1. The van der Waals surface area contributed by atoms with Crippen molar-refractivity contribution in [3.8, 4) is 21.9 Å². The number of aliphatic hydroxyl groups excluding tert-OH is 1. The number of likely N-dealkylation sites (tertiary alicyclic amines) is 1. The quantitative estimate of drug-likeness (QED) is 0.0583. The normalized spacial score (nSPS) is 20.4. The van der Waals surface area contributed by atoms with Crippen LogP contribution in [-0.2, 0) is 30.5 Å². The van der Waals surface area contributed by atoms with Crippen molar-refractivity contribution in [2.45, 2.75) is 116 Å². The molecule has 3 aliphatic rings. The molecule has 14 nitrogen and oxygen atoms in total. The van der Waals surface area contributed by atoms with Crippen molar-refractivity contribution in [3.63, 3.8) is 0 Å². The Hall–Kier alpha value is -5.75. The third-order valence-electron chi connectivity index (χ3n) is 14.1. The maximum absolute atomic E-state index is 14.7. The number of β-amino-alcohol motifs (C(OH)–C–C–N with tert-alkyl or cyclic N) is 1. The van der Waals surface area contributed by atoms with Crippen LogP contribution < -0.4 is 25.4 Å². The summed E-state index contributed by atoms with van der Waals surface area (Å²) in [5.74, 6) is -1.03. The molecule has 0 radical (unpaired) electrons. The molecule has 4 atom stereocenters. The monoisotopic (exact) mass is 1030 g/mol. The van der Waals surface area contributed by atoms with Crippen LogP contribution in [0.25, 0.3) is 21.3 Å². The summed E-state index contributed by atoms with van der Waals surface area (Å²) >= 11 is 8.09. The van der Waals surface area contributed by atoms with Gasteiger partial charge in [0.15, 0.2) is 5.67 Å². The average Bonchev–Trinajstić information content (AvgIpc) is 3.76. The average molecular weight is 1030 g/mol. The molecule has 2 aliphatic carbocycles. The number of amides is 4. The van der Waals surface area contributed by atoms with Crippen LogP contribution in [0.1, 0.15) is 95.4 Å². The number of anilines is 1. The Morgan fingerprint density at radius 3 is 2.36 bits per heavy atom. The van der Waals surface area contributed by atoms with Crippen LogP contribution in [0.3, 0.4) is 0 Å². The molecule has 3 fully saturated rings. The molecule has 2 saturated carbocycles. The number of rotatable bonds is 19. The molecule has 8 rings (SSSR count). The molecule has 0 unspecified atom stereocenters. The molecule has 18 heteroatoms. The number of thiazole rings is 1. The Morgan fingerprint density at radius 1 is 0.944 bits per heavy atom. The van der Waals surface area contributed by atoms with Crippen molar-refractivity contribution < 1.29 is 47.3 Å². The molecule has 2 aromatic heterocycles. The number of benzene rings is 3. The summed E-state index contributed by atoms with van der Waals surface area (Å²) in [7, 11) is 0. The number of nitrogens with one attached hydrogen (secondary N) is 3.